The lowest BCUT2D eigenvalue weighted by Crippen LogP contribution is -2.37. The van der Waals surface area contributed by atoms with E-state index in [4.69, 9.17) is 4.74 Å². The first-order valence-electron chi connectivity index (χ1n) is 6.36. The quantitative estimate of drug-likeness (QED) is 0.718. The van der Waals surface area contributed by atoms with Crippen molar-refractivity contribution >= 4 is 6.09 Å². The highest BCUT2D eigenvalue weighted by atomic mass is 16.6. The van der Waals surface area contributed by atoms with Crippen LogP contribution in [-0.2, 0) is 4.74 Å². The Morgan fingerprint density at radius 1 is 1.25 bits per heavy atom. The normalized spacial score (nSPS) is 26.7. The zero-order valence-electron chi connectivity index (χ0n) is 10.3. The van der Waals surface area contributed by atoms with Crippen molar-refractivity contribution in [2.75, 3.05) is 26.2 Å². The van der Waals surface area contributed by atoms with E-state index in [1.165, 1.54) is 25.9 Å². The van der Waals surface area contributed by atoms with Crippen molar-refractivity contribution in [1.29, 1.82) is 0 Å². The largest absolute Gasteiger partial charge is 0.447 e. The third kappa shape index (κ3) is 2.67. The van der Waals surface area contributed by atoms with Crippen molar-refractivity contribution in [3.63, 3.8) is 0 Å². The summed E-state index contributed by atoms with van der Waals surface area (Å²) in [6, 6.07) is 0.571. The highest BCUT2D eigenvalue weighted by molar-refractivity contribution is 5.68. The number of hydrogen-bond acceptors (Lipinski definition) is 3. The second kappa shape index (κ2) is 5.04. The predicted octanol–water partition coefficient (Wildman–Crippen LogP) is 1.70. The minimum atomic E-state index is -0.142. The van der Waals surface area contributed by atoms with Crippen LogP contribution >= 0.6 is 0 Å². The van der Waals surface area contributed by atoms with E-state index in [-0.39, 0.29) is 12.2 Å². The maximum atomic E-state index is 11.7. The molecule has 0 aliphatic carbocycles. The Balaban J connectivity index is 1.80. The van der Waals surface area contributed by atoms with Gasteiger partial charge in [-0.25, -0.2) is 4.79 Å². The van der Waals surface area contributed by atoms with E-state index in [9.17, 15) is 4.79 Å². The summed E-state index contributed by atoms with van der Waals surface area (Å²) in [5, 5.41) is 0. The van der Waals surface area contributed by atoms with E-state index in [0.717, 1.165) is 19.5 Å². The summed E-state index contributed by atoms with van der Waals surface area (Å²) in [4.78, 5) is 16.1. The van der Waals surface area contributed by atoms with Crippen LogP contribution in [0.25, 0.3) is 0 Å². The highest BCUT2D eigenvalue weighted by Crippen LogP contribution is 2.20. The van der Waals surface area contributed by atoms with Gasteiger partial charge in [-0.15, -0.1) is 0 Å². The SMILES string of the molecule is CC(C)OC(=O)N1CCC(N2CCCC2)C1. The number of likely N-dealkylation sites (tertiary alicyclic amines) is 2. The molecule has 1 unspecified atom stereocenters. The first-order chi connectivity index (χ1) is 7.66. The molecule has 2 aliphatic heterocycles. The number of amides is 1. The zero-order chi connectivity index (χ0) is 11.5. The molecule has 4 heteroatoms. The topological polar surface area (TPSA) is 32.8 Å². The van der Waals surface area contributed by atoms with E-state index in [1.807, 2.05) is 18.7 Å². The molecular formula is C12H22N2O2. The molecule has 2 rings (SSSR count). The molecule has 2 fully saturated rings. The van der Waals surface area contributed by atoms with Crippen LogP contribution in [0.5, 0.6) is 0 Å². The van der Waals surface area contributed by atoms with Gasteiger partial charge in [0.1, 0.15) is 0 Å². The summed E-state index contributed by atoms with van der Waals surface area (Å²) in [5.41, 5.74) is 0. The number of carbonyl (C=O) groups is 1. The third-order valence-corrected chi connectivity index (χ3v) is 3.42. The maximum absolute atomic E-state index is 11.7. The van der Waals surface area contributed by atoms with E-state index < -0.39 is 0 Å². The van der Waals surface area contributed by atoms with Crippen LogP contribution in [-0.4, -0.2) is 54.2 Å². The van der Waals surface area contributed by atoms with Gasteiger partial charge in [0.2, 0.25) is 0 Å². The fourth-order valence-electron chi connectivity index (χ4n) is 2.59. The Labute approximate surface area is 97.5 Å². The van der Waals surface area contributed by atoms with Crippen molar-refractivity contribution in [3.8, 4) is 0 Å². The third-order valence-electron chi connectivity index (χ3n) is 3.42. The molecule has 0 N–H and O–H groups in total. The second-order valence-electron chi connectivity index (χ2n) is 5.06. The summed E-state index contributed by atoms with van der Waals surface area (Å²) in [5.74, 6) is 0. The first-order valence-corrected chi connectivity index (χ1v) is 6.36. The Morgan fingerprint density at radius 3 is 2.56 bits per heavy atom. The van der Waals surface area contributed by atoms with Gasteiger partial charge in [-0.1, -0.05) is 0 Å². The van der Waals surface area contributed by atoms with Gasteiger partial charge in [-0.2, -0.15) is 0 Å². The van der Waals surface area contributed by atoms with Crippen LogP contribution in [0.4, 0.5) is 4.79 Å². The van der Waals surface area contributed by atoms with E-state index in [0.29, 0.717) is 6.04 Å². The molecule has 0 bridgehead atoms. The molecule has 92 valence electrons. The molecule has 0 aromatic rings. The molecule has 1 atom stereocenters. The van der Waals surface area contributed by atoms with Crippen LogP contribution in [0, 0.1) is 0 Å². The van der Waals surface area contributed by atoms with Gasteiger partial charge in [0.15, 0.2) is 0 Å². The van der Waals surface area contributed by atoms with Crippen molar-refractivity contribution in [3.05, 3.63) is 0 Å². The number of ether oxygens (including phenoxy) is 1. The molecule has 0 aromatic carbocycles. The summed E-state index contributed by atoms with van der Waals surface area (Å²) in [6.45, 7) is 7.91. The summed E-state index contributed by atoms with van der Waals surface area (Å²) >= 11 is 0. The standard InChI is InChI=1S/C12H22N2O2/c1-10(2)16-12(15)14-8-5-11(9-14)13-6-3-4-7-13/h10-11H,3-9H2,1-2H3. The lowest BCUT2D eigenvalue weighted by molar-refractivity contribution is 0.0812. The molecule has 1 amide bonds. The van der Waals surface area contributed by atoms with Crippen molar-refractivity contribution in [1.82, 2.24) is 9.80 Å². The van der Waals surface area contributed by atoms with Gasteiger partial charge in [-0.3, -0.25) is 4.90 Å². The smallest absolute Gasteiger partial charge is 0.410 e. The molecule has 0 spiro atoms. The lowest BCUT2D eigenvalue weighted by atomic mass is 10.2. The molecule has 0 saturated carbocycles. The van der Waals surface area contributed by atoms with Crippen LogP contribution in [0.1, 0.15) is 33.1 Å². The fourth-order valence-corrected chi connectivity index (χ4v) is 2.59. The number of rotatable bonds is 2. The monoisotopic (exact) mass is 226 g/mol. The molecule has 4 nitrogen and oxygen atoms in total. The van der Waals surface area contributed by atoms with Gasteiger partial charge in [-0.05, 0) is 46.2 Å². The predicted molar refractivity (Wildman–Crippen MR) is 62.4 cm³/mol. The van der Waals surface area contributed by atoms with Gasteiger partial charge in [0.05, 0.1) is 6.10 Å². The van der Waals surface area contributed by atoms with Gasteiger partial charge >= 0.3 is 6.09 Å². The first kappa shape index (κ1) is 11.7. The molecule has 2 heterocycles. The number of hydrogen-bond donors (Lipinski definition) is 0. The van der Waals surface area contributed by atoms with Crippen molar-refractivity contribution < 1.29 is 9.53 Å². The summed E-state index contributed by atoms with van der Waals surface area (Å²) in [7, 11) is 0. The summed E-state index contributed by atoms with van der Waals surface area (Å²) < 4.78 is 5.21. The second-order valence-corrected chi connectivity index (χ2v) is 5.06. The average molecular weight is 226 g/mol. The van der Waals surface area contributed by atoms with Crippen molar-refractivity contribution in [2.24, 2.45) is 0 Å². The van der Waals surface area contributed by atoms with E-state index in [2.05, 4.69) is 4.90 Å². The Morgan fingerprint density at radius 2 is 1.94 bits per heavy atom. The Hall–Kier alpha value is -0.770. The van der Waals surface area contributed by atoms with Crippen LogP contribution in [0.2, 0.25) is 0 Å². The van der Waals surface area contributed by atoms with Crippen LogP contribution < -0.4 is 0 Å². The van der Waals surface area contributed by atoms with Crippen LogP contribution in [0.3, 0.4) is 0 Å². The number of nitrogens with zero attached hydrogens (tertiary/aromatic N) is 2. The maximum Gasteiger partial charge on any atom is 0.410 e. The van der Waals surface area contributed by atoms with E-state index in [1.54, 1.807) is 0 Å². The minimum Gasteiger partial charge on any atom is -0.447 e. The average Bonchev–Trinajstić information content (AvgIpc) is 2.87. The van der Waals surface area contributed by atoms with Gasteiger partial charge in [0.25, 0.3) is 0 Å². The van der Waals surface area contributed by atoms with Crippen LogP contribution in [0.15, 0.2) is 0 Å². The molecule has 0 aromatic heterocycles. The molecule has 2 aliphatic rings. The lowest BCUT2D eigenvalue weighted by Gasteiger charge is -2.23. The highest BCUT2D eigenvalue weighted by Gasteiger charge is 2.32. The number of carbonyl (C=O) groups excluding carboxylic acids is 1. The minimum absolute atomic E-state index is 0.0154. The Bertz CT molecular complexity index is 249. The van der Waals surface area contributed by atoms with Crippen molar-refractivity contribution in [2.45, 2.75) is 45.3 Å². The van der Waals surface area contributed by atoms with E-state index >= 15 is 0 Å². The molecule has 2 saturated heterocycles. The van der Waals surface area contributed by atoms with Gasteiger partial charge < -0.3 is 9.64 Å². The molecular weight excluding hydrogens is 204 g/mol. The van der Waals surface area contributed by atoms with Gasteiger partial charge in [0, 0.05) is 19.1 Å². The zero-order valence-corrected chi connectivity index (χ0v) is 10.3. The fraction of sp³-hybridized carbons (Fsp3) is 0.917. The Kier molecular flexibility index (Phi) is 3.69. The molecule has 0 radical (unpaired) electrons. The molecule has 16 heavy (non-hydrogen) atoms. The summed E-state index contributed by atoms with van der Waals surface area (Å²) in [6.07, 6.45) is 3.57.